The molecule has 0 aromatic rings. The van der Waals surface area contributed by atoms with Crippen molar-refractivity contribution in [2.45, 2.75) is 51.0 Å². The first-order valence-corrected chi connectivity index (χ1v) is 8.91. The summed E-state index contributed by atoms with van der Waals surface area (Å²) in [7, 11) is 0. The molecule has 2 heterocycles. The van der Waals surface area contributed by atoms with Crippen LogP contribution in [0, 0.1) is 17.8 Å². The normalized spacial score (nSPS) is 25.7. The molecular formula is C18H26N2O3. The number of nitrogens with zero attached hydrogens (tertiary/aromatic N) is 2. The van der Waals surface area contributed by atoms with Crippen LogP contribution in [0.1, 0.15) is 44.9 Å². The van der Waals surface area contributed by atoms with Gasteiger partial charge in [0, 0.05) is 13.0 Å². The van der Waals surface area contributed by atoms with Gasteiger partial charge in [-0.15, -0.1) is 0 Å². The molecule has 126 valence electrons. The third kappa shape index (κ3) is 4.26. The van der Waals surface area contributed by atoms with Gasteiger partial charge < -0.3 is 9.64 Å². The monoisotopic (exact) mass is 318 g/mol. The van der Waals surface area contributed by atoms with E-state index < -0.39 is 6.10 Å². The molecule has 23 heavy (non-hydrogen) atoms. The van der Waals surface area contributed by atoms with Crippen LogP contribution in [0.5, 0.6) is 0 Å². The second-order valence-electron chi connectivity index (χ2n) is 6.79. The van der Waals surface area contributed by atoms with E-state index in [4.69, 9.17) is 4.74 Å². The number of carbonyl (C=O) groups is 2. The molecule has 3 aliphatic rings. The quantitative estimate of drug-likeness (QED) is 0.581. The van der Waals surface area contributed by atoms with E-state index >= 15 is 0 Å². The number of likely N-dealkylation sites (tertiary alicyclic amines) is 2. The fourth-order valence-corrected chi connectivity index (χ4v) is 3.63. The van der Waals surface area contributed by atoms with Crippen molar-refractivity contribution in [2.24, 2.45) is 5.92 Å². The molecule has 0 N–H and O–H groups in total. The van der Waals surface area contributed by atoms with Gasteiger partial charge in [0.25, 0.3) is 5.91 Å². The largest absolute Gasteiger partial charge is 0.452 e. The summed E-state index contributed by atoms with van der Waals surface area (Å²) < 4.78 is 5.44. The van der Waals surface area contributed by atoms with Crippen molar-refractivity contribution < 1.29 is 14.3 Å². The molecule has 3 rings (SSSR count). The number of esters is 1. The lowest BCUT2D eigenvalue weighted by Crippen LogP contribution is -2.33. The Kier molecular flexibility index (Phi) is 5.56. The number of hydrogen-bond donors (Lipinski definition) is 0. The molecule has 0 unspecified atom stereocenters. The highest BCUT2D eigenvalue weighted by Gasteiger charge is 2.36. The Balaban J connectivity index is 1.41. The van der Waals surface area contributed by atoms with Crippen LogP contribution in [0.3, 0.4) is 0 Å². The third-order valence-electron chi connectivity index (χ3n) is 5.09. The van der Waals surface area contributed by atoms with Gasteiger partial charge in [-0.3, -0.25) is 14.5 Å². The molecule has 1 saturated carbocycles. The average molecular weight is 318 g/mol. The van der Waals surface area contributed by atoms with E-state index in [1.165, 1.54) is 12.8 Å². The van der Waals surface area contributed by atoms with Gasteiger partial charge in [-0.2, -0.15) is 0 Å². The first-order valence-electron chi connectivity index (χ1n) is 8.91. The van der Waals surface area contributed by atoms with Crippen LogP contribution in [-0.2, 0) is 14.3 Å². The Hall–Kier alpha value is -1.54. The minimum absolute atomic E-state index is 0.0112. The maximum absolute atomic E-state index is 12.3. The third-order valence-corrected chi connectivity index (χ3v) is 5.09. The zero-order chi connectivity index (χ0) is 16.1. The SMILES string of the molecule is O=C(O[C@H]1CCN(CC#CCN2CCCC2)C1=O)C1CCCC1. The Morgan fingerprint density at radius 2 is 1.70 bits per heavy atom. The summed E-state index contributed by atoms with van der Waals surface area (Å²) in [5, 5.41) is 0. The number of amides is 1. The number of rotatable bonds is 4. The van der Waals surface area contributed by atoms with Crippen LogP contribution >= 0.6 is 0 Å². The zero-order valence-corrected chi connectivity index (χ0v) is 13.8. The molecule has 2 aliphatic heterocycles. The van der Waals surface area contributed by atoms with E-state index in [0.29, 0.717) is 19.5 Å². The van der Waals surface area contributed by atoms with Crippen molar-refractivity contribution in [3.63, 3.8) is 0 Å². The summed E-state index contributed by atoms with van der Waals surface area (Å²) in [6.07, 6.45) is 6.56. The molecule has 2 saturated heterocycles. The maximum atomic E-state index is 12.3. The molecule has 0 aromatic carbocycles. The first kappa shape index (κ1) is 16.3. The Labute approximate surface area is 138 Å². The van der Waals surface area contributed by atoms with Gasteiger partial charge in [0.15, 0.2) is 6.10 Å². The van der Waals surface area contributed by atoms with Crippen molar-refractivity contribution in [3.05, 3.63) is 0 Å². The fraction of sp³-hybridized carbons (Fsp3) is 0.778. The van der Waals surface area contributed by atoms with Crippen molar-refractivity contribution >= 4 is 11.9 Å². The summed E-state index contributed by atoms with van der Waals surface area (Å²) in [4.78, 5) is 28.4. The Morgan fingerprint density at radius 1 is 1.00 bits per heavy atom. The van der Waals surface area contributed by atoms with Crippen LogP contribution < -0.4 is 0 Å². The van der Waals surface area contributed by atoms with Crippen molar-refractivity contribution in [2.75, 3.05) is 32.7 Å². The highest BCUT2D eigenvalue weighted by Crippen LogP contribution is 2.27. The summed E-state index contributed by atoms with van der Waals surface area (Å²) in [5.74, 6) is 5.99. The van der Waals surface area contributed by atoms with Crippen molar-refractivity contribution in [3.8, 4) is 11.8 Å². The molecule has 0 spiro atoms. The van der Waals surface area contributed by atoms with Crippen molar-refractivity contribution in [1.29, 1.82) is 0 Å². The van der Waals surface area contributed by atoms with E-state index in [-0.39, 0.29) is 17.8 Å². The number of ether oxygens (including phenoxy) is 1. The molecule has 1 amide bonds. The second kappa shape index (κ2) is 7.83. The summed E-state index contributed by atoms with van der Waals surface area (Å²) >= 11 is 0. The molecule has 5 nitrogen and oxygen atoms in total. The first-order chi connectivity index (χ1) is 11.2. The van der Waals surface area contributed by atoms with Crippen LogP contribution in [-0.4, -0.2) is 60.5 Å². The van der Waals surface area contributed by atoms with E-state index in [0.717, 1.165) is 45.3 Å². The van der Waals surface area contributed by atoms with Crippen LogP contribution in [0.15, 0.2) is 0 Å². The molecule has 3 fully saturated rings. The average Bonchev–Trinajstić information content (AvgIpc) is 3.28. The predicted octanol–water partition coefficient (Wildman–Crippen LogP) is 1.42. The van der Waals surface area contributed by atoms with Gasteiger partial charge in [-0.05, 0) is 38.8 Å². The lowest BCUT2D eigenvalue weighted by Gasteiger charge is -2.15. The van der Waals surface area contributed by atoms with Gasteiger partial charge in [-0.1, -0.05) is 24.7 Å². The maximum Gasteiger partial charge on any atom is 0.309 e. The molecule has 1 atom stereocenters. The van der Waals surface area contributed by atoms with Gasteiger partial charge >= 0.3 is 5.97 Å². The minimum atomic E-state index is -0.580. The molecule has 1 aliphatic carbocycles. The van der Waals surface area contributed by atoms with E-state index in [2.05, 4.69) is 16.7 Å². The summed E-state index contributed by atoms with van der Waals surface area (Å²) in [6.45, 7) is 4.15. The molecule has 0 bridgehead atoms. The van der Waals surface area contributed by atoms with Crippen LogP contribution in [0.2, 0.25) is 0 Å². The van der Waals surface area contributed by atoms with E-state index in [9.17, 15) is 9.59 Å². The highest BCUT2D eigenvalue weighted by atomic mass is 16.5. The van der Waals surface area contributed by atoms with E-state index in [1.807, 2.05) is 0 Å². The zero-order valence-electron chi connectivity index (χ0n) is 13.8. The number of carbonyl (C=O) groups excluding carboxylic acids is 2. The van der Waals surface area contributed by atoms with Gasteiger partial charge in [0.1, 0.15) is 0 Å². The smallest absolute Gasteiger partial charge is 0.309 e. The predicted molar refractivity (Wildman–Crippen MR) is 86.5 cm³/mol. The summed E-state index contributed by atoms with van der Waals surface area (Å²) in [5.41, 5.74) is 0. The lowest BCUT2D eigenvalue weighted by molar-refractivity contribution is -0.159. The fourth-order valence-electron chi connectivity index (χ4n) is 3.63. The molecule has 0 aromatic heterocycles. The second-order valence-corrected chi connectivity index (χ2v) is 6.79. The summed E-state index contributed by atoms with van der Waals surface area (Å²) in [6, 6.07) is 0. The standard InChI is InChI=1S/C18H26N2O3/c21-17-16(23-18(22)15-7-1-2-8-15)9-14-20(17)13-6-5-12-19-10-3-4-11-19/h15-16H,1-4,7-14H2/t16-/m0/s1. The Bertz CT molecular complexity index is 496. The van der Waals surface area contributed by atoms with Gasteiger partial charge in [-0.25, -0.2) is 0 Å². The minimum Gasteiger partial charge on any atom is -0.452 e. The topological polar surface area (TPSA) is 49.9 Å². The van der Waals surface area contributed by atoms with Gasteiger partial charge in [0.2, 0.25) is 0 Å². The lowest BCUT2D eigenvalue weighted by atomic mass is 10.1. The van der Waals surface area contributed by atoms with Crippen LogP contribution in [0.4, 0.5) is 0 Å². The molecule has 5 heteroatoms. The van der Waals surface area contributed by atoms with Crippen molar-refractivity contribution in [1.82, 2.24) is 9.80 Å². The van der Waals surface area contributed by atoms with E-state index in [1.54, 1.807) is 4.90 Å². The van der Waals surface area contributed by atoms with Gasteiger partial charge in [0.05, 0.1) is 19.0 Å². The number of hydrogen-bond acceptors (Lipinski definition) is 4. The van der Waals surface area contributed by atoms with Crippen LogP contribution in [0.25, 0.3) is 0 Å². The Morgan fingerprint density at radius 3 is 2.43 bits per heavy atom. The highest BCUT2D eigenvalue weighted by molar-refractivity contribution is 5.86. The molecular weight excluding hydrogens is 292 g/mol. The molecule has 0 radical (unpaired) electrons.